The van der Waals surface area contributed by atoms with Gasteiger partial charge in [0.25, 0.3) is 5.91 Å². The highest BCUT2D eigenvalue weighted by molar-refractivity contribution is 7.62. The van der Waals surface area contributed by atoms with Gasteiger partial charge in [-0.1, -0.05) is 41.6 Å². The van der Waals surface area contributed by atoms with Crippen molar-refractivity contribution in [1.29, 1.82) is 0 Å². The van der Waals surface area contributed by atoms with Gasteiger partial charge in [0.2, 0.25) is 23.7 Å². The molecule has 1 aromatic heterocycles. The zero-order valence-corrected chi connectivity index (χ0v) is 40.0. The van der Waals surface area contributed by atoms with E-state index in [0.29, 0.717) is 72.2 Å². The van der Waals surface area contributed by atoms with Crippen LogP contribution >= 0.6 is 19.2 Å². The minimum Gasteiger partial charge on any atom is -0.494 e. The number of hydrogen-bond donors (Lipinski definition) is 4. The van der Waals surface area contributed by atoms with E-state index in [-0.39, 0.29) is 41.7 Å². The third-order valence-corrected chi connectivity index (χ3v) is 15.1. The van der Waals surface area contributed by atoms with Gasteiger partial charge in [-0.25, -0.2) is 4.98 Å². The highest BCUT2D eigenvalue weighted by Gasteiger charge is 2.40. The summed E-state index contributed by atoms with van der Waals surface area (Å²) < 4.78 is 29.5. The Labute approximate surface area is 400 Å². The predicted molar refractivity (Wildman–Crippen MR) is 259 cm³/mol. The molecule has 4 amide bonds. The van der Waals surface area contributed by atoms with Crippen molar-refractivity contribution < 1.29 is 37.5 Å². The van der Waals surface area contributed by atoms with Crippen LogP contribution in [0.3, 0.4) is 0 Å². The summed E-state index contributed by atoms with van der Waals surface area (Å²) in [7, 11) is 0.710. The third kappa shape index (κ3) is 11.1. The van der Waals surface area contributed by atoms with Crippen LogP contribution in [-0.4, -0.2) is 134 Å². The molecule has 0 spiro atoms. The Morgan fingerprint density at radius 1 is 0.926 bits per heavy atom. The number of amides is 4. The molecular weight excluding hydrogens is 911 g/mol. The number of imide groups is 1. The average molecular weight is 967 g/mol. The van der Waals surface area contributed by atoms with E-state index >= 15 is 0 Å². The zero-order chi connectivity index (χ0) is 47.8. The summed E-state index contributed by atoms with van der Waals surface area (Å²) in [6, 6.07) is 18.2. The normalized spacial score (nSPS) is 18.1. The fraction of sp³-hybridized carbons (Fsp3) is 0.417. The predicted octanol–water partition coefficient (Wildman–Crippen LogP) is 5.03. The number of methoxy groups -OCH3 is 1. The first kappa shape index (κ1) is 48.4. The molecule has 20 heteroatoms. The summed E-state index contributed by atoms with van der Waals surface area (Å²) >= 11 is 6.49. The number of rotatable bonds is 16. The molecule has 4 N–H and O–H groups in total. The average Bonchev–Trinajstić information content (AvgIpc) is 3.69. The number of hydrogen-bond acceptors (Lipinski definition) is 15. The lowest BCUT2D eigenvalue weighted by Gasteiger charge is -2.43. The minimum absolute atomic E-state index is 0.00733. The van der Waals surface area contributed by atoms with Gasteiger partial charge < -0.3 is 39.5 Å². The Balaban J connectivity index is 0.750. The molecule has 4 aliphatic heterocycles. The number of aromatic nitrogens is 2. The number of para-hydroxylation sites is 1. The molecule has 358 valence electrons. The number of benzene rings is 3. The summed E-state index contributed by atoms with van der Waals surface area (Å²) in [6.07, 6.45) is 5.33. The van der Waals surface area contributed by atoms with Gasteiger partial charge in [-0.15, -0.1) is 0 Å². The Morgan fingerprint density at radius 3 is 2.46 bits per heavy atom. The Morgan fingerprint density at radius 2 is 1.71 bits per heavy atom. The first-order chi connectivity index (χ1) is 33.0. The van der Waals surface area contributed by atoms with E-state index in [4.69, 9.17) is 25.4 Å². The van der Waals surface area contributed by atoms with E-state index in [9.17, 15) is 23.7 Å². The maximum Gasteiger partial charge on any atom is 0.362 e. The highest BCUT2D eigenvalue weighted by atomic mass is 35.5. The number of anilines is 5. The molecule has 8 rings (SSSR count). The number of carbonyl (C=O) groups excluding carboxylic acids is 4. The molecule has 68 heavy (non-hydrogen) atoms. The SMILES string of the molecule is COc1cc(N2CCC(N3CCN(CC(=O)NCCCC#Cc4cccc5c4CN(C4CCC(=O)NC4=O)C5=O)CC3)CC2)ccc1Nc1ncc(Cl)c(Nc2ccccc2P(=O)(OC)OC)n1. The molecule has 0 bridgehead atoms. The topological polar surface area (TPSA) is 200 Å². The van der Waals surface area contributed by atoms with Crippen molar-refractivity contribution in [2.24, 2.45) is 0 Å². The highest BCUT2D eigenvalue weighted by Crippen LogP contribution is 2.47. The van der Waals surface area contributed by atoms with Crippen molar-refractivity contribution in [2.75, 3.05) is 89.2 Å². The number of halogens is 1. The number of piperazine rings is 1. The van der Waals surface area contributed by atoms with Crippen molar-refractivity contribution in [2.45, 2.75) is 57.2 Å². The fourth-order valence-electron chi connectivity index (χ4n) is 9.13. The molecule has 4 aliphatic rings. The lowest BCUT2D eigenvalue weighted by Crippen LogP contribution is -2.54. The van der Waals surface area contributed by atoms with Crippen molar-refractivity contribution in [1.82, 2.24) is 35.3 Å². The molecule has 3 saturated heterocycles. The van der Waals surface area contributed by atoms with Crippen LogP contribution in [0.2, 0.25) is 5.02 Å². The molecule has 0 aliphatic carbocycles. The third-order valence-electron chi connectivity index (χ3n) is 12.8. The van der Waals surface area contributed by atoms with Gasteiger partial charge >= 0.3 is 7.60 Å². The number of piperidine rings is 2. The lowest BCUT2D eigenvalue weighted by atomic mass is 10.0. The van der Waals surface area contributed by atoms with Gasteiger partial charge in [0.05, 0.1) is 36.5 Å². The van der Waals surface area contributed by atoms with Crippen LogP contribution in [0.5, 0.6) is 5.75 Å². The largest absolute Gasteiger partial charge is 0.494 e. The second kappa shape index (κ2) is 21.9. The van der Waals surface area contributed by atoms with Gasteiger partial charge in [-0.2, -0.15) is 4.98 Å². The van der Waals surface area contributed by atoms with Gasteiger partial charge in [-0.3, -0.25) is 38.9 Å². The van der Waals surface area contributed by atoms with Crippen molar-refractivity contribution >= 4 is 77.0 Å². The van der Waals surface area contributed by atoms with Crippen LogP contribution in [0, 0.1) is 11.8 Å². The standard InChI is InChI=1S/C48H56ClN10O8P/c1-65-41-28-34(15-16-38(41)53-48-51-29-37(49)45(55-48)52-39-13-6-7-14-42(39)68(64,66-2)67-3)57-22-19-33(20-23-57)58-26-24-56(25-27-58)31-44(61)50-21-8-4-5-10-32-11-9-12-35-36(32)30-59(47(35)63)40-17-18-43(60)54-46(40)62/h6-7,9,11-16,28-29,33,40H,4,8,17-27,30-31H2,1-3H3,(H,50,61)(H,54,60,62)(H2,51,52,53,55). The number of unbranched alkanes of at least 4 members (excludes halogenated alkanes) is 1. The van der Waals surface area contributed by atoms with Gasteiger partial charge in [0.1, 0.15) is 16.8 Å². The number of carbonyl (C=O) groups is 4. The van der Waals surface area contributed by atoms with E-state index in [0.717, 1.165) is 68.9 Å². The summed E-state index contributed by atoms with van der Waals surface area (Å²) in [6.45, 7) is 6.48. The smallest absolute Gasteiger partial charge is 0.362 e. The number of nitrogens with zero attached hydrogens (tertiary/aromatic N) is 6. The molecule has 0 radical (unpaired) electrons. The number of ether oxygens (including phenoxy) is 1. The Hall–Kier alpha value is -6.06. The summed E-state index contributed by atoms with van der Waals surface area (Å²) in [5.41, 5.74) is 4.29. The molecule has 3 aromatic carbocycles. The van der Waals surface area contributed by atoms with E-state index in [1.807, 2.05) is 18.2 Å². The summed E-state index contributed by atoms with van der Waals surface area (Å²) in [4.78, 5) is 67.7. The zero-order valence-electron chi connectivity index (χ0n) is 38.4. The molecule has 4 aromatic rings. The van der Waals surface area contributed by atoms with Crippen LogP contribution in [0.1, 0.15) is 60.0 Å². The van der Waals surface area contributed by atoms with Crippen LogP contribution in [0.15, 0.2) is 66.9 Å². The molecule has 1 atom stereocenters. The fourth-order valence-corrected chi connectivity index (χ4v) is 10.5. The van der Waals surface area contributed by atoms with Crippen molar-refractivity contribution in [3.63, 3.8) is 0 Å². The monoisotopic (exact) mass is 966 g/mol. The van der Waals surface area contributed by atoms with Gasteiger partial charge in [0, 0.05) is 108 Å². The number of nitrogens with one attached hydrogen (secondary N) is 4. The first-order valence-electron chi connectivity index (χ1n) is 22.8. The second-order valence-corrected chi connectivity index (χ2v) is 19.5. The first-order valence-corrected chi connectivity index (χ1v) is 24.7. The van der Waals surface area contributed by atoms with Gasteiger partial charge in [-0.05, 0) is 67.6 Å². The molecule has 18 nitrogen and oxygen atoms in total. The van der Waals surface area contributed by atoms with Crippen LogP contribution < -0.4 is 36.2 Å². The molecule has 5 heterocycles. The maximum atomic E-state index is 13.2. The van der Waals surface area contributed by atoms with Crippen molar-refractivity contribution in [3.05, 3.63) is 88.6 Å². The quantitative estimate of drug-likeness (QED) is 0.0504. The lowest BCUT2D eigenvalue weighted by molar-refractivity contribution is -0.137. The van der Waals surface area contributed by atoms with Crippen LogP contribution in [0.25, 0.3) is 0 Å². The van der Waals surface area contributed by atoms with E-state index in [1.54, 1.807) is 43.5 Å². The minimum atomic E-state index is -3.57. The maximum absolute atomic E-state index is 13.2. The van der Waals surface area contributed by atoms with Crippen LogP contribution in [0.4, 0.5) is 28.8 Å². The molecule has 3 fully saturated rings. The van der Waals surface area contributed by atoms with Crippen LogP contribution in [-0.2, 0) is 34.5 Å². The summed E-state index contributed by atoms with van der Waals surface area (Å²) in [5.74, 6) is 6.62. The number of fused-ring (bicyclic) bond motifs is 1. The van der Waals surface area contributed by atoms with Crippen molar-refractivity contribution in [3.8, 4) is 17.6 Å². The molecule has 1 unspecified atom stereocenters. The van der Waals surface area contributed by atoms with E-state index in [2.05, 4.69) is 63.8 Å². The van der Waals surface area contributed by atoms with E-state index in [1.165, 1.54) is 25.3 Å². The summed E-state index contributed by atoms with van der Waals surface area (Å²) in [5, 5.41) is 12.4. The van der Waals surface area contributed by atoms with Gasteiger partial charge in [0.15, 0.2) is 5.82 Å². The Bertz CT molecular complexity index is 2640. The molecule has 0 saturated carbocycles. The molecular formula is C48H56ClN10O8P. The van der Waals surface area contributed by atoms with E-state index < -0.39 is 19.5 Å². The Kier molecular flexibility index (Phi) is 15.6. The second-order valence-electron chi connectivity index (χ2n) is 16.9.